The number of carbonyl (C=O) groups excluding carboxylic acids is 3. The summed E-state index contributed by atoms with van der Waals surface area (Å²) in [6.45, 7) is 6.38. The van der Waals surface area contributed by atoms with Gasteiger partial charge in [0.1, 0.15) is 5.60 Å². The number of likely N-dealkylation sites (tertiary alicyclic amines) is 1. The van der Waals surface area contributed by atoms with Crippen LogP contribution in [0.1, 0.15) is 33.6 Å². The van der Waals surface area contributed by atoms with E-state index >= 15 is 0 Å². The summed E-state index contributed by atoms with van der Waals surface area (Å²) in [4.78, 5) is 36.7. The van der Waals surface area contributed by atoms with Gasteiger partial charge in [-0.2, -0.15) is 0 Å². The number of hydrogen-bond acceptors (Lipinski definition) is 4. The van der Waals surface area contributed by atoms with Crippen molar-refractivity contribution in [3.63, 3.8) is 0 Å². The zero-order chi connectivity index (χ0) is 14.9. The summed E-state index contributed by atoms with van der Waals surface area (Å²) in [6, 6.07) is -0.661. The van der Waals surface area contributed by atoms with Gasteiger partial charge < -0.3 is 15.0 Å². The normalized spacial score (nSPS) is 27.1. The van der Waals surface area contributed by atoms with Crippen molar-refractivity contribution in [2.45, 2.75) is 45.3 Å². The van der Waals surface area contributed by atoms with Gasteiger partial charge in [-0.15, -0.1) is 0 Å². The molecule has 2 aliphatic heterocycles. The number of imide groups is 1. The Kier molecular flexibility index (Phi) is 3.87. The second-order valence-electron chi connectivity index (χ2n) is 6.22. The van der Waals surface area contributed by atoms with E-state index < -0.39 is 11.6 Å². The van der Waals surface area contributed by atoms with Gasteiger partial charge in [0.25, 0.3) is 0 Å². The fourth-order valence-corrected chi connectivity index (χ4v) is 2.51. The van der Waals surface area contributed by atoms with Gasteiger partial charge in [0.15, 0.2) is 0 Å². The van der Waals surface area contributed by atoms with E-state index in [1.165, 1.54) is 0 Å². The van der Waals surface area contributed by atoms with Gasteiger partial charge in [0.05, 0.1) is 5.92 Å². The Morgan fingerprint density at radius 2 is 1.90 bits per heavy atom. The molecule has 7 nitrogen and oxygen atoms in total. The molecule has 0 aromatic rings. The van der Waals surface area contributed by atoms with Crippen LogP contribution in [0.25, 0.3) is 0 Å². The maximum atomic E-state index is 12.0. The average Bonchev–Trinajstić information content (AvgIpc) is 2.49. The van der Waals surface area contributed by atoms with E-state index in [-0.39, 0.29) is 24.0 Å². The van der Waals surface area contributed by atoms with E-state index in [4.69, 9.17) is 4.74 Å². The molecule has 0 bridgehead atoms. The summed E-state index contributed by atoms with van der Waals surface area (Å²) < 4.78 is 5.33. The van der Waals surface area contributed by atoms with Crippen molar-refractivity contribution >= 4 is 18.0 Å². The lowest BCUT2D eigenvalue weighted by Crippen LogP contribution is -2.57. The summed E-state index contributed by atoms with van der Waals surface area (Å²) in [5, 5.41) is 5.01. The zero-order valence-corrected chi connectivity index (χ0v) is 12.1. The second kappa shape index (κ2) is 5.30. The average molecular weight is 283 g/mol. The highest BCUT2D eigenvalue weighted by atomic mass is 16.6. The van der Waals surface area contributed by atoms with Crippen molar-refractivity contribution in [2.75, 3.05) is 13.1 Å². The third-order valence-corrected chi connectivity index (χ3v) is 3.45. The number of hydrogen-bond donors (Lipinski definition) is 2. The number of urea groups is 1. The third kappa shape index (κ3) is 3.40. The molecule has 0 radical (unpaired) electrons. The molecule has 2 atom stereocenters. The van der Waals surface area contributed by atoms with Crippen molar-refractivity contribution in [2.24, 2.45) is 5.92 Å². The quantitative estimate of drug-likeness (QED) is 0.689. The second-order valence-corrected chi connectivity index (χ2v) is 6.22. The van der Waals surface area contributed by atoms with Crippen LogP contribution in [-0.4, -0.2) is 47.7 Å². The lowest BCUT2D eigenvalue weighted by Gasteiger charge is -2.29. The number of carbonyl (C=O) groups is 3. The SMILES string of the molecule is CC(C)(C)OC(=O)N1CCC2NC(=O)NC(=O)C2CC1. The predicted octanol–water partition coefficient (Wildman–Crippen LogP) is 0.841. The molecule has 2 heterocycles. The number of rotatable bonds is 0. The monoisotopic (exact) mass is 283 g/mol. The van der Waals surface area contributed by atoms with E-state index in [0.717, 1.165) is 0 Å². The lowest BCUT2D eigenvalue weighted by molar-refractivity contribution is -0.125. The molecule has 4 amide bonds. The molecule has 2 fully saturated rings. The van der Waals surface area contributed by atoms with Gasteiger partial charge in [0, 0.05) is 19.1 Å². The fourth-order valence-electron chi connectivity index (χ4n) is 2.51. The predicted molar refractivity (Wildman–Crippen MR) is 71.0 cm³/mol. The number of nitrogens with one attached hydrogen (secondary N) is 2. The first-order valence-corrected chi connectivity index (χ1v) is 6.85. The van der Waals surface area contributed by atoms with Crippen molar-refractivity contribution in [3.05, 3.63) is 0 Å². The van der Waals surface area contributed by atoms with Gasteiger partial charge in [-0.25, -0.2) is 9.59 Å². The fraction of sp³-hybridized carbons (Fsp3) is 0.769. The molecule has 2 rings (SSSR count). The van der Waals surface area contributed by atoms with E-state index in [1.807, 2.05) is 20.8 Å². The summed E-state index contributed by atoms with van der Waals surface area (Å²) in [6.07, 6.45) is 0.710. The summed E-state index contributed by atoms with van der Waals surface area (Å²) in [7, 11) is 0. The molecule has 20 heavy (non-hydrogen) atoms. The van der Waals surface area contributed by atoms with E-state index in [2.05, 4.69) is 10.6 Å². The minimum Gasteiger partial charge on any atom is -0.444 e. The molecule has 0 saturated carbocycles. The number of fused-ring (bicyclic) bond motifs is 1. The molecule has 2 N–H and O–H groups in total. The lowest BCUT2D eigenvalue weighted by atomic mass is 9.92. The summed E-state index contributed by atoms with van der Waals surface area (Å²) >= 11 is 0. The Bertz CT molecular complexity index is 430. The Morgan fingerprint density at radius 3 is 2.55 bits per heavy atom. The van der Waals surface area contributed by atoms with Crippen LogP contribution in [0.2, 0.25) is 0 Å². The maximum Gasteiger partial charge on any atom is 0.410 e. The van der Waals surface area contributed by atoms with Crippen LogP contribution in [0, 0.1) is 5.92 Å². The molecular formula is C13H21N3O4. The van der Waals surface area contributed by atoms with Gasteiger partial charge in [-0.05, 0) is 33.6 Å². The van der Waals surface area contributed by atoms with Gasteiger partial charge in [0.2, 0.25) is 5.91 Å². The van der Waals surface area contributed by atoms with Crippen molar-refractivity contribution in [1.82, 2.24) is 15.5 Å². The molecule has 2 unspecified atom stereocenters. The molecule has 112 valence electrons. The smallest absolute Gasteiger partial charge is 0.410 e. The highest BCUT2D eigenvalue weighted by Gasteiger charge is 2.38. The standard InChI is InChI=1S/C13H21N3O4/c1-13(2,3)20-12(19)16-6-4-8-9(5-7-16)14-11(18)15-10(8)17/h8-9H,4-7H2,1-3H3,(H2,14,15,17,18). The van der Waals surface area contributed by atoms with Gasteiger partial charge in [-0.3, -0.25) is 10.1 Å². The van der Waals surface area contributed by atoms with Crippen LogP contribution in [0.4, 0.5) is 9.59 Å². The minimum absolute atomic E-state index is 0.205. The highest BCUT2D eigenvalue weighted by Crippen LogP contribution is 2.22. The van der Waals surface area contributed by atoms with Crippen LogP contribution in [0.3, 0.4) is 0 Å². The first-order valence-electron chi connectivity index (χ1n) is 6.85. The van der Waals surface area contributed by atoms with E-state index in [0.29, 0.717) is 25.9 Å². The van der Waals surface area contributed by atoms with Crippen LogP contribution in [0.5, 0.6) is 0 Å². The van der Waals surface area contributed by atoms with Crippen molar-refractivity contribution < 1.29 is 19.1 Å². The van der Waals surface area contributed by atoms with Crippen molar-refractivity contribution in [3.8, 4) is 0 Å². The van der Waals surface area contributed by atoms with Crippen LogP contribution in [0.15, 0.2) is 0 Å². The molecule has 0 aliphatic carbocycles. The Labute approximate surface area is 118 Å². The van der Waals surface area contributed by atoms with Crippen LogP contribution < -0.4 is 10.6 Å². The molecular weight excluding hydrogens is 262 g/mol. The number of nitrogens with zero attached hydrogens (tertiary/aromatic N) is 1. The number of ether oxygens (including phenoxy) is 1. The Balaban J connectivity index is 2.00. The van der Waals surface area contributed by atoms with Crippen molar-refractivity contribution in [1.29, 1.82) is 0 Å². The first kappa shape index (κ1) is 14.6. The zero-order valence-electron chi connectivity index (χ0n) is 12.1. The van der Waals surface area contributed by atoms with Crippen LogP contribution >= 0.6 is 0 Å². The highest BCUT2D eigenvalue weighted by molar-refractivity contribution is 5.98. The van der Waals surface area contributed by atoms with Crippen LogP contribution in [-0.2, 0) is 9.53 Å². The minimum atomic E-state index is -0.540. The molecule has 0 aromatic heterocycles. The Morgan fingerprint density at radius 1 is 1.25 bits per heavy atom. The summed E-state index contributed by atoms with van der Waals surface area (Å²) in [5.74, 6) is -0.537. The maximum absolute atomic E-state index is 12.0. The number of amides is 4. The van der Waals surface area contributed by atoms with Gasteiger partial charge in [-0.1, -0.05) is 0 Å². The molecule has 2 saturated heterocycles. The van der Waals surface area contributed by atoms with E-state index in [1.54, 1.807) is 4.90 Å². The molecule has 0 spiro atoms. The third-order valence-electron chi connectivity index (χ3n) is 3.45. The molecule has 2 aliphatic rings. The van der Waals surface area contributed by atoms with E-state index in [9.17, 15) is 14.4 Å². The molecule has 7 heteroatoms. The Hall–Kier alpha value is -1.79. The largest absolute Gasteiger partial charge is 0.444 e. The summed E-state index contributed by atoms with van der Waals surface area (Å²) in [5.41, 5.74) is -0.540. The topological polar surface area (TPSA) is 87.7 Å². The molecule has 0 aromatic carbocycles. The first-order chi connectivity index (χ1) is 9.26. The van der Waals surface area contributed by atoms with Gasteiger partial charge >= 0.3 is 12.1 Å².